The van der Waals surface area contributed by atoms with Crippen molar-refractivity contribution in [3.63, 3.8) is 0 Å². The summed E-state index contributed by atoms with van der Waals surface area (Å²) in [5, 5.41) is 11.3. The first-order valence-electron chi connectivity index (χ1n) is 5.05. The van der Waals surface area contributed by atoms with E-state index in [9.17, 15) is 22.8 Å². The van der Waals surface area contributed by atoms with Crippen molar-refractivity contribution in [3.05, 3.63) is 17.0 Å². The van der Waals surface area contributed by atoms with Gasteiger partial charge in [0.25, 0.3) is 0 Å². The van der Waals surface area contributed by atoms with E-state index >= 15 is 0 Å². The summed E-state index contributed by atoms with van der Waals surface area (Å²) in [6, 6.07) is 2.73. The number of hydrogen-bond acceptors (Lipinski definition) is 4. The molecule has 0 aliphatic rings. The molecule has 0 saturated carbocycles. The Labute approximate surface area is 110 Å². The molecule has 1 aromatic heterocycles. The monoisotopic (exact) mass is 297 g/mol. The van der Waals surface area contributed by atoms with E-state index in [-0.39, 0.29) is 17.9 Å². The largest absolute Gasteiger partial charge is 0.477 e. The lowest BCUT2D eigenvalue weighted by Crippen LogP contribution is -2.20. The molecular weight excluding hydrogens is 287 g/mol. The van der Waals surface area contributed by atoms with Crippen LogP contribution in [0.4, 0.5) is 18.2 Å². The van der Waals surface area contributed by atoms with Crippen molar-refractivity contribution >= 4 is 28.2 Å². The summed E-state index contributed by atoms with van der Waals surface area (Å²) < 4.78 is 39.5. The van der Waals surface area contributed by atoms with E-state index in [1.165, 1.54) is 12.1 Å². The Morgan fingerprint density at radius 1 is 1.37 bits per heavy atom. The highest BCUT2D eigenvalue weighted by molar-refractivity contribution is 7.18. The van der Waals surface area contributed by atoms with Gasteiger partial charge in [0.05, 0.1) is 18.0 Å². The van der Waals surface area contributed by atoms with Crippen LogP contribution >= 0.6 is 11.3 Å². The van der Waals surface area contributed by atoms with Crippen molar-refractivity contribution in [2.75, 3.05) is 18.5 Å². The molecule has 0 fully saturated rings. The Morgan fingerprint density at radius 3 is 2.58 bits per heavy atom. The number of alkyl halides is 3. The first-order valence-corrected chi connectivity index (χ1v) is 5.87. The SMILES string of the molecule is O=C(CCOCC(F)(F)F)Nc1ccc(C(=O)O)s1. The molecule has 1 rings (SSSR count). The minimum absolute atomic E-state index is 0.0589. The minimum atomic E-state index is -4.42. The minimum Gasteiger partial charge on any atom is -0.477 e. The smallest absolute Gasteiger partial charge is 0.411 e. The summed E-state index contributed by atoms with van der Waals surface area (Å²) in [5.74, 6) is -1.65. The number of carboxylic acid groups (broad SMARTS) is 1. The number of amides is 1. The van der Waals surface area contributed by atoms with Crippen LogP contribution in [0.3, 0.4) is 0 Å². The fourth-order valence-corrected chi connectivity index (χ4v) is 1.83. The molecule has 0 bridgehead atoms. The summed E-state index contributed by atoms with van der Waals surface area (Å²) in [4.78, 5) is 21.9. The van der Waals surface area contributed by atoms with Gasteiger partial charge >= 0.3 is 12.1 Å². The summed E-state index contributed by atoms with van der Waals surface area (Å²) in [5.41, 5.74) is 0. The average molecular weight is 297 g/mol. The predicted molar refractivity (Wildman–Crippen MR) is 61.4 cm³/mol. The van der Waals surface area contributed by atoms with Crippen LogP contribution in [-0.2, 0) is 9.53 Å². The molecule has 1 amide bonds. The number of rotatable bonds is 6. The molecule has 0 unspecified atom stereocenters. The third-order valence-electron chi connectivity index (χ3n) is 1.82. The normalized spacial score (nSPS) is 11.3. The fraction of sp³-hybridized carbons (Fsp3) is 0.400. The third-order valence-corrected chi connectivity index (χ3v) is 2.81. The van der Waals surface area contributed by atoms with Crippen LogP contribution in [-0.4, -0.2) is 36.4 Å². The summed E-state index contributed by atoms with van der Waals surface area (Å²) >= 11 is 0.860. The molecule has 5 nitrogen and oxygen atoms in total. The number of thiophene rings is 1. The van der Waals surface area contributed by atoms with Gasteiger partial charge in [-0.2, -0.15) is 13.2 Å². The highest BCUT2D eigenvalue weighted by atomic mass is 32.1. The molecule has 1 heterocycles. The number of halogens is 3. The molecule has 19 heavy (non-hydrogen) atoms. The zero-order valence-electron chi connectivity index (χ0n) is 9.49. The van der Waals surface area contributed by atoms with Gasteiger partial charge in [0.2, 0.25) is 5.91 Å². The van der Waals surface area contributed by atoms with Crippen LogP contribution in [0.1, 0.15) is 16.1 Å². The number of anilines is 1. The highest BCUT2D eigenvalue weighted by Gasteiger charge is 2.27. The van der Waals surface area contributed by atoms with E-state index in [1.807, 2.05) is 0 Å². The van der Waals surface area contributed by atoms with E-state index in [2.05, 4.69) is 10.1 Å². The van der Waals surface area contributed by atoms with Gasteiger partial charge in [0.15, 0.2) is 0 Å². The molecule has 0 saturated heterocycles. The van der Waals surface area contributed by atoms with Crippen LogP contribution in [0.2, 0.25) is 0 Å². The first-order chi connectivity index (χ1) is 8.78. The Bertz CT molecular complexity index is 458. The zero-order chi connectivity index (χ0) is 14.5. The van der Waals surface area contributed by atoms with Gasteiger partial charge < -0.3 is 15.2 Å². The molecule has 0 aliphatic carbocycles. The predicted octanol–water partition coefficient (Wildman–Crippen LogP) is 2.35. The molecular formula is C10H10F3NO4S. The maximum Gasteiger partial charge on any atom is 0.411 e. The zero-order valence-corrected chi connectivity index (χ0v) is 10.3. The highest BCUT2D eigenvalue weighted by Crippen LogP contribution is 2.21. The molecule has 2 N–H and O–H groups in total. The van der Waals surface area contributed by atoms with Crippen molar-refractivity contribution in [2.24, 2.45) is 0 Å². The van der Waals surface area contributed by atoms with E-state index in [4.69, 9.17) is 5.11 Å². The fourth-order valence-electron chi connectivity index (χ4n) is 1.07. The summed E-state index contributed by atoms with van der Waals surface area (Å²) in [7, 11) is 0. The second kappa shape index (κ2) is 6.53. The molecule has 0 aromatic carbocycles. The Hall–Kier alpha value is -1.61. The number of carbonyl (C=O) groups excluding carboxylic acids is 1. The van der Waals surface area contributed by atoms with Crippen LogP contribution in [0.15, 0.2) is 12.1 Å². The maximum absolute atomic E-state index is 11.7. The van der Waals surface area contributed by atoms with E-state index in [0.717, 1.165) is 11.3 Å². The molecule has 106 valence electrons. The van der Waals surface area contributed by atoms with Gasteiger partial charge in [-0.3, -0.25) is 4.79 Å². The van der Waals surface area contributed by atoms with Crippen molar-refractivity contribution < 1.29 is 32.6 Å². The molecule has 0 atom stereocenters. The number of nitrogens with one attached hydrogen (secondary N) is 1. The van der Waals surface area contributed by atoms with Gasteiger partial charge in [-0.25, -0.2) is 4.79 Å². The molecule has 0 spiro atoms. The van der Waals surface area contributed by atoms with Crippen molar-refractivity contribution in [1.29, 1.82) is 0 Å². The molecule has 9 heteroatoms. The van der Waals surface area contributed by atoms with Gasteiger partial charge in [-0.05, 0) is 12.1 Å². The summed E-state index contributed by atoms with van der Waals surface area (Å²) in [6.07, 6.45) is -4.66. The Balaban J connectivity index is 2.29. The Kier molecular flexibility index (Phi) is 5.31. The standard InChI is InChI=1S/C10H10F3NO4S/c11-10(12,13)5-18-4-3-7(15)14-8-2-1-6(19-8)9(16)17/h1-2H,3-5H2,(H,14,15)(H,16,17). The topological polar surface area (TPSA) is 75.6 Å². The van der Waals surface area contributed by atoms with E-state index in [0.29, 0.717) is 5.00 Å². The first kappa shape index (κ1) is 15.4. The van der Waals surface area contributed by atoms with Gasteiger partial charge in [0, 0.05) is 0 Å². The van der Waals surface area contributed by atoms with Gasteiger partial charge in [0.1, 0.15) is 11.5 Å². The van der Waals surface area contributed by atoms with E-state index < -0.39 is 24.7 Å². The number of aromatic carboxylic acids is 1. The number of carboxylic acids is 1. The second-order valence-corrected chi connectivity index (χ2v) is 4.52. The van der Waals surface area contributed by atoms with Crippen molar-refractivity contribution in [3.8, 4) is 0 Å². The molecule has 0 radical (unpaired) electrons. The Morgan fingerprint density at radius 2 is 2.05 bits per heavy atom. The van der Waals surface area contributed by atoms with Crippen molar-refractivity contribution in [1.82, 2.24) is 0 Å². The number of ether oxygens (including phenoxy) is 1. The lowest BCUT2D eigenvalue weighted by atomic mass is 10.4. The number of hydrogen-bond donors (Lipinski definition) is 2. The lowest BCUT2D eigenvalue weighted by molar-refractivity contribution is -0.174. The van der Waals surface area contributed by atoms with Crippen LogP contribution in [0.5, 0.6) is 0 Å². The van der Waals surface area contributed by atoms with Crippen LogP contribution in [0, 0.1) is 0 Å². The van der Waals surface area contributed by atoms with Crippen LogP contribution < -0.4 is 5.32 Å². The quantitative estimate of drug-likeness (QED) is 0.790. The van der Waals surface area contributed by atoms with Crippen LogP contribution in [0.25, 0.3) is 0 Å². The van der Waals surface area contributed by atoms with E-state index in [1.54, 1.807) is 0 Å². The molecule has 1 aromatic rings. The van der Waals surface area contributed by atoms with Gasteiger partial charge in [-0.1, -0.05) is 0 Å². The molecule has 0 aliphatic heterocycles. The summed E-state index contributed by atoms with van der Waals surface area (Å²) in [6.45, 7) is -1.76. The van der Waals surface area contributed by atoms with Gasteiger partial charge in [-0.15, -0.1) is 11.3 Å². The maximum atomic E-state index is 11.7. The second-order valence-electron chi connectivity index (χ2n) is 3.43. The average Bonchev–Trinajstić information content (AvgIpc) is 2.71. The lowest BCUT2D eigenvalue weighted by Gasteiger charge is -2.07. The third kappa shape index (κ3) is 6.20. The van der Waals surface area contributed by atoms with Crippen molar-refractivity contribution in [2.45, 2.75) is 12.6 Å². The number of carbonyl (C=O) groups is 2.